The number of cyclic esters (lactones) is 1. The molecule has 2 aromatic heterocycles. The molecule has 0 aromatic carbocycles. The second-order valence-corrected chi connectivity index (χ2v) is 8.06. The van der Waals surface area contributed by atoms with Gasteiger partial charge in [-0.25, -0.2) is 9.78 Å². The summed E-state index contributed by atoms with van der Waals surface area (Å²) in [7, 11) is 0. The molecule has 2 saturated heterocycles. The monoisotopic (exact) mass is 492 g/mol. The number of aromatic nitrogens is 3. The van der Waals surface area contributed by atoms with Gasteiger partial charge in [0.2, 0.25) is 5.11 Å². The van der Waals surface area contributed by atoms with Crippen molar-refractivity contribution in [2.75, 3.05) is 49.1 Å². The van der Waals surface area contributed by atoms with Gasteiger partial charge in [0.15, 0.2) is 0 Å². The molecule has 13 nitrogen and oxygen atoms in total. The van der Waals surface area contributed by atoms with E-state index in [1.54, 1.807) is 12.3 Å². The van der Waals surface area contributed by atoms with Gasteiger partial charge in [-0.1, -0.05) is 0 Å². The van der Waals surface area contributed by atoms with Gasteiger partial charge in [0.05, 0.1) is 42.3 Å². The van der Waals surface area contributed by atoms with Crippen LogP contribution in [-0.2, 0) is 4.74 Å². The molecule has 0 aliphatic carbocycles. The molecule has 2 aliphatic heterocycles. The smallest absolute Gasteiger partial charge is 0.414 e. The van der Waals surface area contributed by atoms with Gasteiger partial charge in [0.25, 0.3) is 5.17 Å². The number of anilines is 2. The molecule has 15 heteroatoms. The molecule has 0 radical (unpaired) electrons. The van der Waals surface area contributed by atoms with Gasteiger partial charge >= 0.3 is 11.9 Å². The number of rotatable bonds is 5. The Hall–Kier alpha value is -3.59. The molecule has 2 aliphatic rings. The summed E-state index contributed by atoms with van der Waals surface area (Å²) in [6, 6.07) is 4.95. The van der Waals surface area contributed by atoms with E-state index in [2.05, 4.69) is 32.5 Å². The molecule has 1 atom stereocenters. The van der Waals surface area contributed by atoms with Crippen LogP contribution in [0.4, 0.5) is 22.1 Å². The molecule has 174 valence electrons. The van der Waals surface area contributed by atoms with Gasteiger partial charge in [-0.05, 0) is 41.5 Å². The molecule has 1 unspecified atom stereocenters. The van der Waals surface area contributed by atoms with Crippen LogP contribution >= 0.6 is 24.4 Å². The number of nitrogens with zero attached hydrogens (tertiary/aromatic N) is 7. The topological polar surface area (TPSA) is 142 Å². The highest BCUT2D eigenvalue weighted by molar-refractivity contribution is 7.80. The van der Waals surface area contributed by atoms with Crippen LogP contribution < -0.4 is 15.1 Å². The molecule has 33 heavy (non-hydrogen) atoms. The third-order valence-corrected chi connectivity index (χ3v) is 5.82. The first-order chi connectivity index (χ1) is 15.8. The van der Waals surface area contributed by atoms with Crippen molar-refractivity contribution in [3.8, 4) is 0 Å². The Bertz CT molecular complexity index is 1070. The molecule has 4 heterocycles. The molecule has 0 saturated carbocycles. The number of aliphatic hydroxyl groups is 1. The summed E-state index contributed by atoms with van der Waals surface area (Å²) in [5, 5.41) is 26.4. The van der Waals surface area contributed by atoms with E-state index in [0.29, 0.717) is 43.5 Å². The zero-order valence-corrected chi connectivity index (χ0v) is 18.9. The zero-order valence-electron chi connectivity index (χ0n) is 17.2. The van der Waals surface area contributed by atoms with Gasteiger partial charge in [-0.2, -0.15) is 0 Å². The van der Waals surface area contributed by atoms with Gasteiger partial charge in [0, 0.05) is 26.2 Å². The average molecular weight is 493 g/mol. The van der Waals surface area contributed by atoms with Crippen LogP contribution in [0.25, 0.3) is 0 Å². The third kappa shape index (κ3) is 5.09. The van der Waals surface area contributed by atoms with Crippen LogP contribution in [0.1, 0.15) is 0 Å². The number of ether oxygens (including phenoxy) is 1. The van der Waals surface area contributed by atoms with E-state index >= 15 is 0 Å². The first kappa shape index (κ1) is 22.6. The predicted octanol–water partition coefficient (Wildman–Crippen LogP) is 0.899. The number of nitro groups is 1. The second kappa shape index (κ2) is 9.50. The van der Waals surface area contributed by atoms with Crippen LogP contribution in [0, 0.1) is 10.1 Å². The highest BCUT2D eigenvalue weighted by Crippen LogP contribution is 2.23. The first-order valence-corrected chi connectivity index (χ1v) is 10.8. The van der Waals surface area contributed by atoms with E-state index < -0.39 is 17.1 Å². The number of hydrogen-bond acceptors (Lipinski definition) is 9. The summed E-state index contributed by atoms with van der Waals surface area (Å²) in [6.07, 6.45) is 2.18. The lowest BCUT2D eigenvalue weighted by Gasteiger charge is -2.36. The molecule has 4 rings (SSSR count). The van der Waals surface area contributed by atoms with Crippen molar-refractivity contribution in [3.63, 3.8) is 0 Å². The van der Waals surface area contributed by atoms with Gasteiger partial charge in [0.1, 0.15) is 11.9 Å². The van der Waals surface area contributed by atoms with E-state index in [1.807, 2.05) is 11.0 Å². The fraction of sp³-hybridized carbons (Fsp3) is 0.389. The molecule has 2 N–H and O–H groups in total. The van der Waals surface area contributed by atoms with Crippen LogP contribution in [-0.4, -0.2) is 91.4 Å². The summed E-state index contributed by atoms with van der Waals surface area (Å²) in [5.74, 6) is 0.511. The van der Waals surface area contributed by atoms with E-state index in [4.69, 9.17) is 22.1 Å². The Kier molecular flexibility index (Phi) is 6.50. The molecule has 1 amide bonds. The third-order valence-electron chi connectivity index (χ3n) is 5.23. The lowest BCUT2D eigenvalue weighted by molar-refractivity contribution is -0.389. The Morgan fingerprint density at radius 1 is 1.27 bits per heavy atom. The van der Waals surface area contributed by atoms with Crippen molar-refractivity contribution in [1.29, 1.82) is 0 Å². The van der Waals surface area contributed by atoms with Crippen molar-refractivity contribution >= 4 is 58.1 Å². The van der Waals surface area contributed by atoms with E-state index in [0.717, 1.165) is 5.82 Å². The van der Waals surface area contributed by atoms with Crippen LogP contribution in [0.2, 0.25) is 0 Å². The lowest BCUT2D eigenvalue weighted by Crippen LogP contribution is -2.50. The van der Waals surface area contributed by atoms with Crippen LogP contribution in [0.3, 0.4) is 0 Å². The maximum Gasteiger partial charge on any atom is 0.414 e. The fourth-order valence-electron chi connectivity index (χ4n) is 3.55. The SMILES string of the molecule is O=C1OC(CNC(O)=S)CN1c1ccc(N2CCN(C(=S)n3ccc([N+](=O)[O-])n3)CC2)nc1. The number of aliphatic hydroxyl groups excluding tert-OH is 1. The van der Waals surface area contributed by atoms with Crippen molar-refractivity contribution in [3.05, 3.63) is 40.7 Å². The quantitative estimate of drug-likeness (QED) is 0.348. The molecule has 2 aromatic rings. The first-order valence-electron chi connectivity index (χ1n) is 9.97. The van der Waals surface area contributed by atoms with Crippen molar-refractivity contribution in [1.82, 2.24) is 25.0 Å². The number of thiocarbonyl (C=S) groups is 2. The Labute approximate surface area is 198 Å². The molecule has 0 bridgehead atoms. The Morgan fingerprint density at radius 3 is 2.64 bits per heavy atom. The minimum absolute atomic E-state index is 0.223. The Balaban J connectivity index is 1.32. The molecular formula is C18H20N8O5S2. The van der Waals surface area contributed by atoms with E-state index in [-0.39, 0.29) is 17.5 Å². The number of nitrogens with one attached hydrogen (secondary N) is 1. The van der Waals surface area contributed by atoms with Crippen LogP contribution in [0.5, 0.6) is 0 Å². The molecule has 0 spiro atoms. The number of carbonyl (C=O) groups excluding carboxylic acids is 1. The minimum atomic E-state index is -0.560. The van der Waals surface area contributed by atoms with E-state index in [9.17, 15) is 14.9 Å². The summed E-state index contributed by atoms with van der Waals surface area (Å²) in [4.78, 5) is 32.4. The standard InChI is InChI=1S/C18H20N8O5S2/c27-16(32)20-10-13-11-24(18(28)31-13)12-1-2-14(19-9-12)22-5-7-23(8-6-22)17(33)25-4-3-15(21-25)26(29)30/h1-4,9,13H,5-8,10-11H2,(H2,20,27,32). The van der Waals surface area contributed by atoms with Gasteiger partial charge in [-0.3, -0.25) is 4.90 Å². The highest BCUT2D eigenvalue weighted by Gasteiger charge is 2.32. The number of hydrogen-bond donors (Lipinski definition) is 2. The Morgan fingerprint density at radius 2 is 2.03 bits per heavy atom. The fourth-order valence-corrected chi connectivity index (χ4v) is 3.92. The zero-order chi connectivity index (χ0) is 23.5. The van der Waals surface area contributed by atoms with Crippen molar-refractivity contribution in [2.45, 2.75) is 6.10 Å². The van der Waals surface area contributed by atoms with Gasteiger partial charge < -0.3 is 35.1 Å². The summed E-state index contributed by atoms with van der Waals surface area (Å²) < 4.78 is 6.60. The lowest BCUT2D eigenvalue weighted by atomic mass is 10.3. The van der Waals surface area contributed by atoms with E-state index in [1.165, 1.54) is 21.8 Å². The number of amides is 1. The van der Waals surface area contributed by atoms with Crippen molar-refractivity contribution in [2.24, 2.45) is 0 Å². The molecular weight excluding hydrogens is 472 g/mol. The summed E-state index contributed by atoms with van der Waals surface area (Å²) in [5.41, 5.74) is 0.609. The average Bonchev–Trinajstić information content (AvgIpc) is 3.45. The number of piperazine rings is 1. The minimum Gasteiger partial charge on any atom is -0.487 e. The normalized spacial score (nSPS) is 18.2. The second-order valence-electron chi connectivity index (χ2n) is 7.31. The molecule has 2 fully saturated rings. The predicted molar refractivity (Wildman–Crippen MR) is 126 cm³/mol. The van der Waals surface area contributed by atoms with Gasteiger partial charge in [-0.15, -0.1) is 4.68 Å². The maximum atomic E-state index is 12.2. The van der Waals surface area contributed by atoms with Crippen molar-refractivity contribution < 1.29 is 19.6 Å². The number of carbonyl (C=O) groups is 1. The maximum absolute atomic E-state index is 12.2. The number of pyridine rings is 1. The summed E-state index contributed by atoms with van der Waals surface area (Å²) >= 11 is 9.97. The largest absolute Gasteiger partial charge is 0.487 e. The van der Waals surface area contributed by atoms with Crippen LogP contribution in [0.15, 0.2) is 30.6 Å². The summed E-state index contributed by atoms with van der Waals surface area (Å²) in [6.45, 7) is 3.05. The highest BCUT2D eigenvalue weighted by atomic mass is 32.1.